The summed E-state index contributed by atoms with van der Waals surface area (Å²) < 4.78 is 5.41. The van der Waals surface area contributed by atoms with Crippen molar-refractivity contribution >= 4 is 23.4 Å². The summed E-state index contributed by atoms with van der Waals surface area (Å²) in [6, 6.07) is 25.7. The fourth-order valence-electron chi connectivity index (χ4n) is 4.35. The molecule has 1 N–H and O–H groups in total. The third kappa shape index (κ3) is 7.40. The molecule has 188 valence electrons. The fraction of sp³-hybridized carbons (Fsp3) is 0.310. The number of carbonyl (C=O) groups excluding carboxylic acids is 2. The number of ether oxygens (including phenoxy) is 1. The van der Waals surface area contributed by atoms with Gasteiger partial charge in [0.15, 0.2) is 0 Å². The van der Waals surface area contributed by atoms with Gasteiger partial charge < -0.3 is 15.0 Å². The Labute approximate surface area is 217 Å². The van der Waals surface area contributed by atoms with Crippen molar-refractivity contribution in [1.29, 1.82) is 0 Å². The lowest BCUT2D eigenvalue weighted by Gasteiger charge is -2.32. The Hall–Kier alpha value is -3.19. The zero-order valence-corrected chi connectivity index (χ0v) is 21.1. The van der Waals surface area contributed by atoms with Crippen LogP contribution in [0.4, 0.5) is 0 Å². The zero-order valence-electron chi connectivity index (χ0n) is 20.3. The lowest BCUT2D eigenvalue weighted by molar-refractivity contribution is -0.141. The maximum atomic E-state index is 13.7. The van der Waals surface area contributed by atoms with Gasteiger partial charge in [0.2, 0.25) is 11.8 Å². The molecule has 0 saturated carbocycles. The summed E-state index contributed by atoms with van der Waals surface area (Å²) in [5, 5.41) is 3.71. The van der Waals surface area contributed by atoms with E-state index in [1.165, 1.54) is 0 Å². The minimum atomic E-state index is -0.761. The van der Waals surface area contributed by atoms with Gasteiger partial charge in [0.1, 0.15) is 6.04 Å². The Morgan fingerprint density at radius 3 is 2.19 bits per heavy atom. The smallest absolute Gasteiger partial charge is 0.247 e. The number of hydrogen-bond acceptors (Lipinski definition) is 4. The normalized spacial score (nSPS) is 14.7. The highest BCUT2D eigenvalue weighted by Crippen LogP contribution is 2.25. The van der Waals surface area contributed by atoms with Gasteiger partial charge in [0.25, 0.3) is 0 Å². The molecule has 1 saturated heterocycles. The van der Waals surface area contributed by atoms with E-state index in [0.717, 1.165) is 36.3 Å². The molecule has 0 aliphatic carbocycles. The Morgan fingerprint density at radius 2 is 1.53 bits per heavy atom. The summed E-state index contributed by atoms with van der Waals surface area (Å²) in [5.41, 5.74) is 2.59. The highest BCUT2D eigenvalue weighted by molar-refractivity contribution is 6.30. The molecular weight excluding hydrogens is 474 g/mol. The number of hydrogen-bond donors (Lipinski definition) is 1. The van der Waals surface area contributed by atoms with Crippen molar-refractivity contribution in [3.63, 3.8) is 0 Å². The molecule has 1 aliphatic heterocycles. The van der Waals surface area contributed by atoms with E-state index in [2.05, 4.69) is 10.2 Å². The highest BCUT2D eigenvalue weighted by atomic mass is 35.5. The Kier molecular flexibility index (Phi) is 9.50. The third-order valence-corrected chi connectivity index (χ3v) is 6.54. The van der Waals surface area contributed by atoms with Crippen molar-refractivity contribution in [1.82, 2.24) is 15.1 Å². The number of carbonyl (C=O) groups is 2. The largest absolute Gasteiger partial charge is 0.379 e. The van der Waals surface area contributed by atoms with Gasteiger partial charge in [-0.1, -0.05) is 84.4 Å². The van der Waals surface area contributed by atoms with E-state index in [4.69, 9.17) is 16.3 Å². The molecule has 0 spiro atoms. The standard InChI is InChI=1S/C29H32ClN3O3/c30-26-13-11-24(12-14-26)22-33(27(34)21-23-7-3-1-4-8-23)28(25-9-5-2-6-10-25)29(35)31-15-16-32-17-19-36-20-18-32/h1-14,28H,15-22H2,(H,31,35)/t28-/m0/s1. The van der Waals surface area contributed by atoms with Gasteiger partial charge in [0, 0.05) is 37.7 Å². The van der Waals surface area contributed by atoms with Crippen molar-refractivity contribution in [2.24, 2.45) is 0 Å². The second kappa shape index (κ2) is 13.2. The minimum absolute atomic E-state index is 0.117. The van der Waals surface area contributed by atoms with Gasteiger partial charge in [-0.25, -0.2) is 0 Å². The van der Waals surface area contributed by atoms with Crippen molar-refractivity contribution in [2.45, 2.75) is 19.0 Å². The lowest BCUT2D eigenvalue weighted by Crippen LogP contribution is -2.46. The number of nitrogens with one attached hydrogen (secondary N) is 1. The van der Waals surface area contributed by atoms with Gasteiger partial charge in [0.05, 0.1) is 19.6 Å². The number of morpholine rings is 1. The predicted molar refractivity (Wildman–Crippen MR) is 142 cm³/mol. The number of amides is 2. The van der Waals surface area contributed by atoms with Crippen molar-refractivity contribution in [3.05, 3.63) is 107 Å². The fourth-order valence-corrected chi connectivity index (χ4v) is 4.47. The molecule has 1 fully saturated rings. The molecular formula is C29H32ClN3O3. The quantitative estimate of drug-likeness (QED) is 0.450. The minimum Gasteiger partial charge on any atom is -0.379 e. The average Bonchev–Trinajstić information content (AvgIpc) is 2.91. The van der Waals surface area contributed by atoms with E-state index in [9.17, 15) is 9.59 Å². The summed E-state index contributed by atoms with van der Waals surface area (Å²) in [6.07, 6.45) is 0.207. The molecule has 1 heterocycles. The summed E-state index contributed by atoms with van der Waals surface area (Å²) >= 11 is 6.09. The van der Waals surface area contributed by atoms with Crippen LogP contribution in [0.1, 0.15) is 22.7 Å². The van der Waals surface area contributed by atoms with Crippen LogP contribution >= 0.6 is 11.6 Å². The first-order chi connectivity index (χ1) is 17.6. The van der Waals surface area contributed by atoms with Crippen LogP contribution in [0.15, 0.2) is 84.9 Å². The van der Waals surface area contributed by atoms with Crippen LogP contribution < -0.4 is 5.32 Å². The number of benzene rings is 3. The Bertz CT molecular complexity index is 1100. The van der Waals surface area contributed by atoms with Crippen molar-refractivity contribution in [3.8, 4) is 0 Å². The maximum Gasteiger partial charge on any atom is 0.247 e. The molecule has 4 rings (SSSR count). The van der Waals surface area contributed by atoms with E-state index in [1.807, 2.05) is 72.8 Å². The first-order valence-electron chi connectivity index (χ1n) is 12.3. The van der Waals surface area contributed by atoms with Gasteiger partial charge in [-0.3, -0.25) is 14.5 Å². The number of rotatable bonds is 10. The molecule has 2 amide bonds. The van der Waals surface area contributed by atoms with Crippen molar-refractivity contribution in [2.75, 3.05) is 39.4 Å². The topological polar surface area (TPSA) is 61.9 Å². The summed E-state index contributed by atoms with van der Waals surface area (Å²) in [4.78, 5) is 31.3. The van der Waals surface area contributed by atoms with Crippen molar-refractivity contribution < 1.29 is 14.3 Å². The molecule has 36 heavy (non-hydrogen) atoms. The second-order valence-corrected chi connectivity index (χ2v) is 9.31. The molecule has 0 radical (unpaired) electrons. The van der Waals surface area contributed by atoms with Crippen LogP contribution in [-0.4, -0.2) is 61.0 Å². The first-order valence-corrected chi connectivity index (χ1v) is 12.7. The molecule has 3 aromatic rings. The predicted octanol–water partition coefficient (Wildman–Crippen LogP) is 4.10. The van der Waals surface area contributed by atoms with E-state index < -0.39 is 6.04 Å². The summed E-state index contributed by atoms with van der Waals surface area (Å²) in [7, 11) is 0. The summed E-state index contributed by atoms with van der Waals surface area (Å²) in [5.74, 6) is -0.307. The van der Waals surface area contributed by atoms with Gasteiger partial charge in [-0.05, 0) is 28.8 Å². The average molecular weight is 506 g/mol. The third-order valence-electron chi connectivity index (χ3n) is 6.29. The van der Waals surface area contributed by atoms with Crippen LogP contribution in [0.5, 0.6) is 0 Å². The summed E-state index contributed by atoms with van der Waals surface area (Å²) in [6.45, 7) is 4.67. The van der Waals surface area contributed by atoms with Crippen LogP contribution in [0.25, 0.3) is 0 Å². The van der Waals surface area contributed by atoms with E-state index in [1.54, 1.807) is 17.0 Å². The monoisotopic (exact) mass is 505 g/mol. The number of nitrogens with zero attached hydrogens (tertiary/aromatic N) is 2. The van der Waals surface area contributed by atoms with Gasteiger partial charge >= 0.3 is 0 Å². The van der Waals surface area contributed by atoms with Gasteiger partial charge in [-0.2, -0.15) is 0 Å². The zero-order chi connectivity index (χ0) is 25.2. The first kappa shape index (κ1) is 25.9. The Morgan fingerprint density at radius 1 is 0.889 bits per heavy atom. The van der Waals surface area contributed by atoms with E-state index in [-0.39, 0.29) is 18.2 Å². The highest BCUT2D eigenvalue weighted by Gasteiger charge is 2.31. The molecule has 0 unspecified atom stereocenters. The van der Waals surface area contributed by atoms with E-state index >= 15 is 0 Å². The van der Waals surface area contributed by atoms with Crippen LogP contribution in [0.2, 0.25) is 5.02 Å². The van der Waals surface area contributed by atoms with Crippen LogP contribution in [-0.2, 0) is 27.3 Å². The van der Waals surface area contributed by atoms with Crippen LogP contribution in [0.3, 0.4) is 0 Å². The molecule has 7 heteroatoms. The molecule has 1 aliphatic rings. The molecule has 0 bridgehead atoms. The van der Waals surface area contributed by atoms with E-state index in [0.29, 0.717) is 31.3 Å². The van der Waals surface area contributed by atoms with Crippen LogP contribution in [0, 0.1) is 0 Å². The maximum absolute atomic E-state index is 13.7. The Balaban J connectivity index is 1.58. The molecule has 6 nitrogen and oxygen atoms in total. The molecule has 0 aromatic heterocycles. The SMILES string of the molecule is O=C(NCCN1CCOCC1)[C@H](c1ccccc1)N(Cc1ccc(Cl)cc1)C(=O)Cc1ccccc1. The van der Waals surface area contributed by atoms with Gasteiger partial charge in [-0.15, -0.1) is 0 Å². The lowest BCUT2D eigenvalue weighted by atomic mass is 10.0. The molecule has 3 aromatic carbocycles. The molecule has 1 atom stereocenters. The second-order valence-electron chi connectivity index (χ2n) is 8.87. The number of halogens is 1.